The maximum atomic E-state index is 14.0. The van der Waals surface area contributed by atoms with Crippen LogP contribution >= 0.6 is 0 Å². The van der Waals surface area contributed by atoms with E-state index in [4.69, 9.17) is 4.74 Å². The average Bonchev–Trinajstić information content (AvgIpc) is 3.17. The first kappa shape index (κ1) is 23.2. The number of aromatic amines is 1. The second-order valence-corrected chi connectivity index (χ2v) is 9.98. The normalized spacial score (nSPS) is 22.0. The van der Waals surface area contributed by atoms with Crippen LogP contribution in [0, 0.1) is 0 Å². The van der Waals surface area contributed by atoms with Crippen LogP contribution in [-0.2, 0) is 16.0 Å². The smallest absolute Gasteiger partial charge is 0.249 e. The van der Waals surface area contributed by atoms with Gasteiger partial charge in [0.15, 0.2) is 0 Å². The molecule has 1 saturated heterocycles. The third kappa shape index (κ3) is 3.82. The predicted molar refractivity (Wildman–Crippen MR) is 133 cm³/mol. The summed E-state index contributed by atoms with van der Waals surface area (Å²) in [6.07, 6.45) is 0.392. The molecule has 0 radical (unpaired) electrons. The quantitative estimate of drug-likeness (QED) is 0.508. The van der Waals surface area contributed by atoms with E-state index in [1.807, 2.05) is 31.2 Å². The molecule has 184 valence electrons. The minimum Gasteiger partial charge on any atom is -0.508 e. The number of nitrogens with zero attached hydrogens (tertiary/aromatic N) is 2. The highest BCUT2D eigenvalue weighted by molar-refractivity contribution is 6.00. The van der Waals surface area contributed by atoms with Crippen LogP contribution in [0.4, 0.5) is 0 Å². The Morgan fingerprint density at radius 1 is 1.23 bits per heavy atom. The minimum absolute atomic E-state index is 0.0346. The van der Waals surface area contributed by atoms with Gasteiger partial charge in [0.05, 0.1) is 19.7 Å². The van der Waals surface area contributed by atoms with Gasteiger partial charge in [0.1, 0.15) is 17.0 Å². The van der Waals surface area contributed by atoms with E-state index in [0.29, 0.717) is 25.6 Å². The Balaban J connectivity index is 1.66. The summed E-state index contributed by atoms with van der Waals surface area (Å²) in [6.45, 7) is 7.11. The molecule has 1 aromatic heterocycles. The summed E-state index contributed by atoms with van der Waals surface area (Å²) < 4.78 is 5.47. The zero-order chi connectivity index (χ0) is 24.9. The third-order valence-corrected chi connectivity index (χ3v) is 7.19. The van der Waals surface area contributed by atoms with Crippen LogP contribution in [0.15, 0.2) is 42.5 Å². The number of ether oxygens (including phenoxy) is 1. The van der Waals surface area contributed by atoms with E-state index in [0.717, 1.165) is 33.5 Å². The van der Waals surface area contributed by atoms with Gasteiger partial charge in [0, 0.05) is 42.1 Å². The molecule has 2 aliphatic heterocycles. The number of methoxy groups -OCH3 is 1. The Bertz CT molecular complexity index is 1300. The molecule has 1 fully saturated rings. The van der Waals surface area contributed by atoms with E-state index < -0.39 is 11.6 Å². The molecule has 3 N–H and O–H groups in total. The molecule has 0 unspecified atom stereocenters. The molecule has 35 heavy (non-hydrogen) atoms. The zero-order valence-electron chi connectivity index (χ0n) is 20.6. The monoisotopic (exact) mass is 476 g/mol. The number of carbonyl (C=O) groups is 2. The first-order chi connectivity index (χ1) is 16.7. The molecule has 2 aromatic carbocycles. The van der Waals surface area contributed by atoms with Crippen LogP contribution in [-0.4, -0.2) is 70.0 Å². The van der Waals surface area contributed by atoms with Crippen molar-refractivity contribution in [3.8, 4) is 11.5 Å². The molecule has 8 heteroatoms. The van der Waals surface area contributed by atoms with Gasteiger partial charge in [-0.2, -0.15) is 0 Å². The number of aromatic hydroxyl groups is 1. The molecule has 5 rings (SSSR count). The van der Waals surface area contributed by atoms with Gasteiger partial charge in [-0.05, 0) is 48.4 Å². The van der Waals surface area contributed by atoms with Crippen molar-refractivity contribution < 1.29 is 19.4 Å². The molecular formula is C27H32N4O4. The fourth-order valence-corrected chi connectivity index (χ4v) is 5.57. The Labute approximate surface area is 204 Å². The van der Waals surface area contributed by atoms with E-state index in [-0.39, 0.29) is 24.1 Å². The van der Waals surface area contributed by atoms with Crippen LogP contribution in [0.3, 0.4) is 0 Å². The summed E-state index contributed by atoms with van der Waals surface area (Å²) in [6, 6.07) is 12.5. The summed E-state index contributed by atoms with van der Waals surface area (Å²) in [4.78, 5) is 34.6. The number of piperazine rings is 1. The number of hydrogen-bond donors (Lipinski definition) is 3. The van der Waals surface area contributed by atoms with Crippen LogP contribution in [0.5, 0.6) is 11.5 Å². The van der Waals surface area contributed by atoms with Gasteiger partial charge >= 0.3 is 0 Å². The van der Waals surface area contributed by atoms with Gasteiger partial charge in [0.25, 0.3) is 0 Å². The molecule has 3 aromatic rings. The number of H-pyrrole nitrogens is 1. The van der Waals surface area contributed by atoms with Crippen molar-refractivity contribution in [3.63, 3.8) is 0 Å². The van der Waals surface area contributed by atoms with Gasteiger partial charge in [-0.25, -0.2) is 0 Å². The van der Waals surface area contributed by atoms with Crippen LogP contribution in [0.1, 0.15) is 43.6 Å². The number of nitrogens with one attached hydrogen (secondary N) is 2. The van der Waals surface area contributed by atoms with Crippen molar-refractivity contribution >= 4 is 22.7 Å². The highest BCUT2D eigenvalue weighted by Crippen LogP contribution is 2.47. The Kier molecular flexibility index (Phi) is 5.71. The number of carbonyl (C=O) groups excluding carboxylic acids is 2. The van der Waals surface area contributed by atoms with E-state index in [9.17, 15) is 14.7 Å². The highest BCUT2D eigenvalue weighted by atomic mass is 16.5. The second kappa shape index (κ2) is 8.61. The van der Waals surface area contributed by atoms with Crippen molar-refractivity contribution in [2.45, 2.75) is 44.8 Å². The molecule has 0 bridgehead atoms. The number of phenolic OH excluding ortho intramolecular Hbond substituents is 1. The third-order valence-electron chi connectivity index (χ3n) is 7.19. The topological polar surface area (TPSA) is 97.9 Å². The van der Waals surface area contributed by atoms with Crippen LogP contribution in [0.25, 0.3) is 10.9 Å². The molecule has 0 aliphatic carbocycles. The number of amides is 2. The van der Waals surface area contributed by atoms with Crippen LogP contribution in [0.2, 0.25) is 0 Å². The number of hydrogen-bond acceptors (Lipinski definition) is 5. The zero-order valence-corrected chi connectivity index (χ0v) is 20.6. The number of fused-ring (bicyclic) bond motifs is 4. The van der Waals surface area contributed by atoms with Crippen molar-refractivity contribution in [1.29, 1.82) is 0 Å². The first-order valence-electron chi connectivity index (χ1n) is 12.1. The van der Waals surface area contributed by atoms with Gasteiger partial charge in [-0.3, -0.25) is 9.59 Å². The Morgan fingerprint density at radius 2 is 2.03 bits per heavy atom. The minimum atomic E-state index is -1.06. The van der Waals surface area contributed by atoms with Crippen LogP contribution < -0.4 is 10.1 Å². The molecule has 3 heterocycles. The van der Waals surface area contributed by atoms with Gasteiger partial charge in [0.2, 0.25) is 11.8 Å². The van der Waals surface area contributed by atoms with Crippen molar-refractivity contribution in [2.24, 2.45) is 0 Å². The molecule has 8 nitrogen and oxygen atoms in total. The highest BCUT2D eigenvalue weighted by Gasteiger charge is 2.55. The number of benzene rings is 2. The predicted octanol–water partition coefficient (Wildman–Crippen LogP) is 2.96. The molecule has 2 aliphatic rings. The van der Waals surface area contributed by atoms with E-state index in [1.165, 1.54) is 0 Å². The summed E-state index contributed by atoms with van der Waals surface area (Å²) in [5.74, 6) is 0.682. The van der Waals surface area contributed by atoms with Gasteiger partial charge in [-0.1, -0.05) is 26.0 Å². The fraction of sp³-hybridized carbons (Fsp3) is 0.407. The molecule has 0 saturated carbocycles. The first-order valence-corrected chi connectivity index (χ1v) is 12.1. The standard InChI is InChI=1S/C27H32N4O4/c1-16(2)28-10-11-30-15-23(33)31-25(17-6-5-7-18(32)12-17)24-21(14-27(31,3)26(30)34)20-13-19(35-4)8-9-22(20)29-24/h5-9,12-13,16,25,28-29,32H,10-11,14-15H2,1-4H3/t25-,27+/m1/s1. The van der Waals surface area contributed by atoms with Gasteiger partial charge in [-0.15, -0.1) is 0 Å². The van der Waals surface area contributed by atoms with E-state index >= 15 is 0 Å². The lowest BCUT2D eigenvalue weighted by molar-refractivity contribution is -0.167. The Hall–Kier alpha value is -3.52. The van der Waals surface area contributed by atoms with Gasteiger partial charge < -0.3 is 29.9 Å². The second-order valence-electron chi connectivity index (χ2n) is 9.98. The molecule has 0 spiro atoms. The number of phenols is 1. The maximum Gasteiger partial charge on any atom is 0.249 e. The molecular weight excluding hydrogens is 444 g/mol. The fourth-order valence-electron chi connectivity index (χ4n) is 5.57. The molecule has 2 atom stereocenters. The van der Waals surface area contributed by atoms with Crippen molar-refractivity contribution in [2.75, 3.05) is 26.7 Å². The lowest BCUT2D eigenvalue weighted by Gasteiger charge is -2.53. The summed E-state index contributed by atoms with van der Waals surface area (Å²) in [5, 5.41) is 14.6. The molecule has 2 amide bonds. The van der Waals surface area contributed by atoms with Crippen molar-refractivity contribution in [3.05, 3.63) is 59.3 Å². The lowest BCUT2D eigenvalue weighted by Crippen LogP contribution is -2.70. The summed E-state index contributed by atoms with van der Waals surface area (Å²) in [7, 11) is 1.63. The maximum absolute atomic E-state index is 14.0. The van der Waals surface area contributed by atoms with E-state index in [1.54, 1.807) is 35.1 Å². The summed E-state index contributed by atoms with van der Waals surface area (Å²) in [5.41, 5.74) is 2.48. The number of rotatable bonds is 6. The average molecular weight is 477 g/mol. The largest absolute Gasteiger partial charge is 0.508 e. The Morgan fingerprint density at radius 3 is 2.74 bits per heavy atom. The lowest BCUT2D eigenvalue weighted by atomic mass is 9.78. The number of aromatic nitrogens is 1. The van der Waals surface area contributed by atoms with Crippen molar-refractivity contribution in [1.82, 2.24) is 20.1 Å². The summed E-state index contributed by atoms with van der Waals surface area (Å²) >= 11 is 0. The SMILES string of the molecule is COc1ccc2[nH]c3c(c2c1)C[C@@]1(C)C(=O)N(CCNC(C)C)CC(=O)N1[C@@H]3c1cccc(O)c1. The van der Waals surface area contributed by atoms with E-state index in [2.05, 4.69) is 24.1 Å².